The van der Waals surface area contributed by atoms with Gasteiger partial charge in [-0.05, 0) is 23.9 Å². The average molecular weight is 364 g/mol. The second-order valence-corrected chi connectivity index (χ2v) is 7.50. The van der Waals surface area contributed by atoms with E-state index in [1.54, 1.807) is 0 Å². The molecule has 2 aliphatic heterocycles. The lowest BCUT2D eigenvalue weighted by molar-refractivity contribution is -0.220. The number of rotatable bonds is 1. The summed E-state index contributed by atoms with van der Waals surface area (Å²) in [6.45, 7) is 1.36. The zero-order valence-electron chi connectivity index (χ0n) is 14.9. The maximum atomic E-state index is 12.1. The highest BCUT2D eigenvalue weighted by Gasteiger charge is 2.48. The molecular formula is C21H20N2O4. The molecule has 1 aliphatic carbocycles. The van der Waals surface area contributed by atoms with Crippen LogP contribution in [0.3, 0.4) is 0 Å². The fraction of sp³-hybridized carbons (Fsp3) is 0.429. The van der Waals surface area contributed by atoms with Crippen molar-refractivity contribution in [2.24, 2.45) is 5.92 Å². The standard InChI is InChI=1S/C21H20N2O4/c24-19-6-5-18(20(25)22-19)23-12-16-4-3-14(9-17(16)13-23)1-2-15-10-21(11-15)26-7-8-27-21/h3-4,9,12-13,15,18H,5-8,10-11H2,(H,22,24,25). The molecule has 5 rings (SSSR count). The van der Waals surface area contributed by atoms with E-state index in [2.05, 4.69) is 17.2 Å². The molecule has 3 aliphatic rings. The van der Waals surface area contributed by atoms with E-state index < -0.39 is 0 Å². The van der Waals surface area contributed by atoms with E-state index >= 15 is 0 Å². The number of piperidine rings is 1. The summed E-state index contributed by atoms with van der Waals surface area (Å²) >= 11 is 0. The topological polar surface area (TPSA) is 69.6 Å². The molecule has 6 nitrogen and oxygen atoms in total. The fourth-order valence-corrected chi connectivity index (χ4v) is 4.10. The molecule has 1 aromatic carbocycles. The van der Waals surface area contributed by atoms with Gasteiger partial charge in [0, 0.05) is 48.5 Å². The van der Waals surface area contributed by atoms with Gasteiger partial charge in [0.1, 0.15) is 6.04 Å². The number of nitrogens with zero attached hydrogens (tertiary/aromatic N) is 1. The van der Waals surface area contributed by atoms with Crippen LogP contribution in [-0.2, 0) is 19.1 Å². The van der Waals surface area contributed by atoms with Gasteiger partial charge in [0.25, 0.3) is 0 Å². The Hall–Kier alpha value is -2.62. The second-order valence-electron chi connectivity index (χ2n) is 7.50. The van der Waals surface area contributed by atoms with Crippen LogP contribution in [-0.4, -0.2) is 35.4 Å². The van der Waals surface area contributed by atoms with Crippen molar-refractivity contribution in [1.29, 1.82) is 0 Å². The number of carbonyl (C=O) groups excluding carboxylic acids is 2. The van der Waals surface area contributed by atoms with Gasteiger partial charge in [-0.2, -0.15) is 0 Å². The smallest absolute Gasteiger partial charge is 0.249 e. The molecule has 2 aromatic rings. The number of imide groups is 1. The van der Waals surface area contributed by atoms with Gasteiger partial charge in [-0.1, -0.05) is 17.9 Å². The first-order valence-electron chi connectivity index (χ1n) is 9.35. The molecule has 138 valence electrons. The van der Waals surface area contributed by atoms with E-state index in [0.717, 1.165) is 29.2 Å². The molecular weight excluding hydrogens is 344 g/mol. The molecule has 1 aromatic heterocycles. The van der Waals surface area contributed by atoms with Crippen LogP contribution in [0.4, 0.5) is 0 Å². The summed E-state index contributed by atoms with van der Waals surface area (Å²) in [5.41, 5.74) is 0.956. The molecule has 1 N–H and O–H groups in total. The molecule has 6 heteroatoms. The Balaban J connectivity index is 1.32. The average Bonchev–Trinajstić information content (AvgIpc) is 3.25. The van der Waals surface area contributed by atoms with Crippen molar-refractivity contribution in [1.82, 2.24) is 9.88 Å². The minimum Gasteiger partial charge on any atom is -0.347 e. The van der Waals surface area contributed by atoms with Crippen LogP contribution in [0.15, 0.2) is 30.6 Å². The first-order chi connectivity index (χ1) is 13.1. The molecule has 3 heterocycles. The second kappa shape index (κ2) is 6.22. The lowest BCUT2D eigenvalue weighted by Crippen LogP contribution is -2.44. The molecule has 1 spiro atoms. The van der Waals surface area contributed by atoms with Crippen molar-refractivity contribution < 1.29 is 19.1 Å². The van der Waals surface area contributed by atoms with Crippen molar-refractivity contribution in [3.63, 3.8) is 0 Å². The SMILES string of the molecule is O=C1CCC(n2cc3ccc(C#CC4CC5(C4)OCCO5)cc3c2)C(=O)N1. The van der Waals surface area contributed by atoms with Crippen LogP contribution in [0.1, 0.15) is 37.3 Å². The van der Waals surface area contributed by atoms with E-state index in [4.69, 9.17) is 9.47 Å². The summed E-state index contributed by atoms with van der Waals surface area (Å²) in [5, 5.41) is 4.51. The zero-order chi connectivity index (χ0) is 18.4. The van der Waals surface area contributed by atoms with Gasteiger partial charge >= 0.3 is 0 Å². The summed E-state index contributed by atoms with van der Waals surface area (Å²) in [6, 6.07) is 5.73. The third kappa shape index (κ3) is 3.03. The van der Waals surface area contributed by atoms with Crippen molar-refractivity contribution >= 4 is 22.6 Å². The van der Waals surface area contributed by atoms with Crippen LogP contribution < -0.4 is 5.32 Å². The third-order valence-electron chi connectivity index (χ3n) is 5.58. The van der Waals surface area contributed by atoms with Gasteiger partial charge in [0.15, 0.2) is 5.79 Å². The molecule has 1 saturated carbocycles. The van der Waals surface area contributed by atoms with Gasteiger partial charge in [-0.25, -0.2) is 0 Å². The highest BCUT2D eigenvalue weighted by atomic mass is 16.7. The molecule has 0 bridgehead atoms. The maximum Gasteiger partial charge on any atom is 0.249 e. The first kappa shape index (κ1) is 16.5. The maximum absolute atomic E-state index is 12.1. The van der Waals surface area contributed by atoms with Crippen LogP contribution in [0.25, 0.3) is 10.8 Å². The van der Waals surface area contributed by atoms with Gasteiger partial charge in [0.2, 0.25) is 11.8 Å². The van der Waals surface area contributed by atoms with E-state index in [9.17, 15) is 9.59 Å². The van der Waals surface area contributed by atoms with Crippen LogP contribution in [0.2, 0.25) is 0 Å². The quantitative estimate of drug-likeness (QED) is 0.622. The Morgan fingerprint density at radius 2 is 1.89 bits per heavy atom. The van der Waals surface area contributed by atoms with Crippen molar-refractivity contribution in [2.45, 2.75) is 37.5 Å². The van der Waals surface area contributed by atoms with Gasteiger partial charge < -0.3 is 14.0 Å². The first-order valence-corrected chi connectivity index (χ1v) is 9.35. The minimum atomic E-state index is -0.359. The summed E-state index contributed by atoms with van der Waals surface area (Å²) in [4.78, 5) is 23.4. The number of ether oxygens (including phenoxy) is 2. The number of hydrogen-bond acceptors (Lipinski definition) is 4. The number of hydrogen-bond donors (Lipinski definition) is 1. The highest BCUT2D eigenvalue weighted by Crippen LogP contribution is 2.43. The largest absolute Gasteiger partial charge is 0.347 e. The summed E-state index contributed by atoms with van der Waals surface area (Å²) < 4.78 is 13.2. The van der Waals surface area contributed by atoms with Crippen LogP contribution in [0, 0.1) is 17.8 Å². The van der Waals surface area contributed by atoms with E-state index in [1.165, 1.54) is 0 Å². The molecule has 2 amide bonds. The third-order valence-corrected chi connectivity index (χ3v) is 5.58. The number of fused-ring (bicyclic) bond motifs is 1. The molecule has 0 radical (unpaired) electrons. The predicted octanol–water partition coefficient (Wildman–Crippen LogP) is 2.12. The Labute approximate surface area is 156 Å². The van der Waals surface area contributed by atoms with Crippen molar-refractivity contribution in [3.8, 4) is 11.8 Å². The molecule has 27 heavy (non-hydrogen) atoms. The predicted molar refractivity (Wildman–Crippen MR) is 97.6 cm³/mol. The number of carbonyl (C=O) groups is 2. The number of benzene rings is 1. The fourth-order valence-electron chi connectivity index (χ4n) is 4.10. The van der Waals surface area contributed by atoms with Gasteiger partial charge in [-0.15, -0.1) is 0 Å². The highest BCUT2D eigenvalue weighted by molar-refractivity contribution is 5.99. The Kier molecular flexibility index (Phi) is 3.81. The number of nitrogens with one attached hydrogen (secondary N) is 1. The molecule has 1 atom stereocenters. The lowest BCUT2D eigenvalue weighted by atomic mass is 9.79. The zero-order valence-corrected chi connectivity index (χ0v) is 14.9. The summed E-state index contributed by atoms with van der Waals surface area (Å²) in [6.07, 6.45) is 6.50. The minimum absolute atomic E-state index is 0.198. The van der Waals surface area contributed by atoms with Crippen molar-refractivity contribution in [2.75, 3.05) is 13.2 Å². The van der Waals surface area contributed by atoms with Gasteiger partial charge in [0.05, 0.1) is 13.2 Å². The van der Waals surface area contributed by atoms with E-state index in [-0.39, 0.29) is 23.6 Å². The van der Waals surface area contributed by atoms with Crippen LogP contribution in [0.5, 0.6) is 0 Å². The monoisotopic (exact) mass is 364 g/mol. The van der Waals surface area contributed by atoms with E-state index in [1.807, 2.05) is 35.2 Å². The van der Waals surface area contributed by atoms with Gasteiger partial charge in [-0.3, -0.25) is 14.9 Å². The van der Waals surface area contributed by atoms with E-state index in [0.29, 0.717) is 32.0 Å². The molecule has 2 saturated heterocycles. The Morgan fingerprint density at radius 3 is 2.67 bits per heavy atom. The van der Waals surface area contributed by atoms with Crippen LogP contribution >= 0.6 is 0 Å². The summed E-state index contributed by atoms with van der Waals surface area (Å²) in [5.74, 6) is 6.09. The number of amides is 2. The molecule has 1 unspecified atom stereocenters. The Morgan fingerprint density at radius 1 is 1.11 bits per heavy atom. The van der Waals surface area contributed by atoms with Crippen molar-refractivity contribution in [3.05, 3.63) is 36.2 Å². The Bertz CT molecular complexity index is 983. The molecule has 3 fully saturated rings. The summed E-state index contributed by atoms with van der Waals surface area (Å²) in [7, 11) is 0. The lowest BCUT2D eigenvalue weighted by Gasteiger charge is -2.40. The normalized spacial score (nSPS) is 24.5. The number of aromatic nitrogens is 1.